The summed E-state index contributed by atoms with van der Waals surface area (Å²) in [5, 5.41) is 8.58. The number of benzene rings is 1. The molecule has 5 rings (SSSR count). The monoisotopic (exact) mass is 400 g/mol. The van der Waals surface area contributed by atoms with E-state index in [4.69, 9.17) is 5.73 Å². The molecule has 1 aliphatic rings. The Morgan fingerprint density at radius 3 is 3.00 bits per heavy atom. The molecule has 0 bridgehead atoms. The van der Waals surface area contributed by atoms with Gasteiger partial charge in [-0.25, -0.2) is 4.98 Å². The number of carbonyl (C=O) groups is 1. The number of rotatable bonds is 4. The van der Waals surface area contributed by atoms with Crippen LogP contribution < -0.4 is 5.73 Å². The second kappa shape index (κ2) is 7.67. The van der Waals surface area contributed by atoms with E-state index >= 15 is 0 Å². The minimum absolute atomic E-state index is 0.0278. The number of piperidine rings is 1. The number of likely N-dealkylation sites (tertiary alicyclic amines) is 1. The second-order valence-corrected chi connectivity index (χ2v) is 7.77. The van der Waals surface area contributed by atoms with Gasteiger partial charge in [-0.05, 0) is 54.5 Å². The molecule has 1 fully saturated rings. The normalized spacial score (nSPS) is 16.8. The number of aromatic amines is 1. The molecule has 1 amide bonds. The smallest absolute Gasteiger partial charge is 0.243 e. The maximum Gasteiger partial charge on any atom is 0.243 e. The van der Waals surface area contributed by atoms with Gasteiger partial charge in [0.05, 0.1) is 17.9 Å². The summed E-state index contributed by atoms with van der Waals surface area (Å²) in [6.45, 7) is 1.08. The van der Waals surface area contributed by atoms with Gasteiger partial charge in [0.25, 0.3) is 0 Å². The van der Waals surface area contributed by atoms with Crippen molar-refractivity contribution in [3.05, 3.63) is 66.7 Å². The number of fused-ring (bicyclic) bond motifs is 1. The van der Waals surface area contributed by atoms with Crippen LogP contribution >= 0.6 is 0 Å². The van der Waals surface area contributed by atoms with Gasteiger partial charge in [0, 0.05) is 30.0 Å². The number of nitrogens with one attached hydrogen (secondary N) is 1. The molecule has 0 unspecified atom stereocenters. The Balaban J connectivity index is 1.44. The quantitative estimate of drug-likeness (QED) is 0.545. The van der Waals surface area contributed by atoms with Crippen LogP contribution in [0, 0.1) is 0 Å². The highest BCUT2D eigenvalue weighted by Gasteiger charge is 2.31. The Hall–Kier alpha value is -3.61. The van der Waals surface area contributed by atoms with Gasteiger partial charge in [-0.3, -0.25) is 9.89 Å². The number of hydrogen-bond donors (Lipinski definition) is 2. The van der Waals surface area contributed by atoms with E-state index in [1.54, 1.807) is 12.4 Å². The van der Waals surface area contributed by atoms with E-state index in [2.05, 4.69) is 33.4 Å². The highest BCUT2D eigenvalue weighted by molar-refractivity contribution is 5.83. The molecule has 0 saturated carbocycles. The van der Waals surface area contributed by atoms with Crippen molar-refractivity contribution in [1.29, 1.82) is 0 Å². The summed E-state index contributed by atoms with van der Waals surface area (Å²) in [5.74, 6) is 0.589. The van der Waals surface area contributed by atoms with E-state index in [-0.39, 0.29) is 11.9 Å². The van der Waals surface area contributed by atoms with Crippen molar-refractivity contribution >= 4 is 22.6 Å². The van der Waals surface area contributed by atoms with Crippen molar-refractivity contribution in [1.82, 2.24) is 24.6 Å². The zero-order chi connectivity index (χ0) is 20.5. The van der Waals surface area contributed by atoms with Gasteiger partial charge in [-0.15, -0.1) is 0 Å². The maximum atomic E-state index is 13.4. The number of aromatic nitrogens is 4. The summed E-state index contributed by atoms with van der Waals surface area (Å²) < 4.78 is 2.03. The number of pyridine rings is 1. The van der Waals surface area contributed by atoms with Crippen molar-refractivity contribution in [3.63, 3.8) is 0 Å². The standard InChI is InChI=1S/C23H24N6O/c24-21-13-17(8-10-25-21)18-14-26-27-23(18)20-7-3-4-11-29(20)22(30)15-28-12-9-16-5-1-2-6-19(16)28/h1-2,5-6,8-10,12-14,20H,3-4,7,11,15H2,(H2,24,25)(H,26,27)/t20-/m1/s1. The van der Waals surface area contributed by atoms with E-state index in [1.807, 2.05) is 39.9 Å². The highest BCUT2D eigenvalue weighted by atomic mass is 16.2. The predicted molar refractivity (Wildman–Crippen MR) is 116 cm³/mol. The molecule has 4 heterocycles. The molecule has 152 valence electrons. The first-order valence-electron chi connectivity index (χ1n) is 10.3. The van der Waals surface area contributed by atoms with Crippen molar-refractivity contribution in [3.8, 4) is 11.1 Å². The van der Waals surface area contributed by atoms with Gasteiger partial charge in [0.2, 0.25) is 5.91 Å². The van der Waals surface area contributed by atoms with Crippen LogP contribution in [-0.4, -0.2) is 37.1 Å². The van der Waals surface area contributed by atoms with Crippen molar-refractivity contribution in [2.75, 3.05) is 12.3 Å². The Labute approximate surface area is 174 Å². The zero-order valence-electron chi connectivity index (χ0n) is 16.7. The summed E-state index contributed by atoms with van der Waals surface area (Å²) in [5.41, 5.74) is 9.85. The summed E-state index contributed by atoms with van der Waals surface area (Å²) in [6.07, 6.45) is 8.50. The number of nitrogens with two attached hydrogens (primary N) is 1. The topological polar surface area (TPSA) is 92.8 Å². The number of H-pyrrole nitrogens is 1. The summed E-state index contributed by atoms with van der Waals surface area (Å²) >= 11 is 0. The zero-order valence-corrected chi connectivity index (χ0v) is 16.7. The third kappa shape index (κ3) is 3.32. The van der Waals surface area contributed by atoms with Gasteiger partial charge >= 0.3 is 0 Å². The number of nitrogen functional groups attached to an aromatic ring is 1. The molecule has 1 saturated heterocycles. The Kier molecular flexibility index (Phi) is 4.71. The lowest BCUT2D eigenvalue weighted by Crippen LogP contribution is -2.40. The number of anilines is 1. The molecule has 7 heteroatoms. The minimum Gasteiger partial charge on any atom is -0.384 e. The van der Waals surface area contributed by atoms with Gasteiger partial charge in [-0.1, -0.05) is 18.2 Å². The first kappa shape index (κ1) is 18.4. The fourth-order valence-corrected chi connectivity index (χ4v) is 4.44. The molecule has 1 atom stereocenters. The second-order valence-electron chi connectivity index (χ2n) is 7.77. The van der Waals surface area contributed by atoms with Crippen molar-refractivity contribution < 1.29 is 4.79 Å². The molecule has 4 aromatic rings. The van der Waals surface area contributed by atoms with Gasteiger partial charge in [0.1, 0.15) is 12.4 Å². The molecule has 3 N–H and O–H groups in total. The molecule has 3 aromatic heterocycles. The Bertz CT molecular complexity index is 1190. The molecule has 1 aliphatic heterocycles. The fourth-order valence-electron chi connectivity index (χ4n) is 4.44. The summed E-state index contributed by atoms with van der Waals surface area (Å²) in [7, 11) is 0. The van der Waals surface area contributed by atoms with E-state index in [9.17, 15) is 4.79 Å². The predicted octanol–water partition coefficient (Wildman–Crippen LogP) is 3.76. The molecular formula is C23H24N6O. The van der Waals surface area contributed by atoms with Crippen LogP contribution in [0.25, 0.3) is 22.0 Å². The number of carbonyl (C=O) groups excluding carboxylic acids is 1. The largest absolute Gasteiger partial charge is 0.384 e. The van der Waals surface area contributed by atoms with Gasteiger partial charge in [0.15, 0.2) is 0 Å². The van der Waals surface area contributed by atoms with E-state index in [0.717, 1.165) is 53.5 Å². The van der Waals surface area contributed by atoms with Crippen LogP contribution in [-0.2, 0) is 11.3 Å². The maximum absolute atomic E-state index is 13.4. The molecular weight excluding hydrogens is 376 g/mol. The van der Waals surface area contributed by atoms with Crippen LogP contribution in [0.1, 0.15) is 31.0 Å². The number of hydrogen-bond acceptors (Lipinski definition) is 4. The SMILES string of the molecule is Nc1cc(-c2cn[nH]c2[C@H]2CCCCN2C(=O)Cn2ccc3ccccc32)ccn1. The van der Waals surface area contributed by atoms with Crippen LogP contribution in [0.4, 0.5) is 5.82 Å². The van der Waals surface area contributed by atoms with Crippen LogP contribution in [0.5, 0.6) is 0 Å². The average molecular weight is 400 g/mol. The molecule has 30 heavy (non-hydrogen) atoms. The molecule has 1 aromatic carbocycles. The average Bonchev–Trinajstić information content (AvgIpc) is 3.41. The first-order chi connectivity index (χ1) is 14.7. The van der Waals surface area contributed by atoms with Crippen LogP contribution in [0.15, 0.2) is 61.1 Å². The van der Waals surface area contributed by atoms with E-state index < -0.39 is 0 Å². The summed E-state index contributed by atoms with van der Waals surface area (Å²) in [6, 6.07) is 13.9. The lowest BCUT2D eigenvalue weighted by Gasteiger charge is -2.36. The Morgan fingerprint density at radius 2 is 2.10 bits per heavy atom. The third-order valence-electron chi connectivity index (χ3n) is 5.90. The van der Waals surface area contributed by atoms with Crippen molar-refractivity contribution in [2.24, 2.45) is 0 Å². The van der Waals surface area contributed by atoms with E-state index in [1.165, 1.54) is 0 Å². The van der Waals surface area contributed by atoms with E-state index in [0.29, 0.717) is 12.4 Å². The molecule has 0 radical (unpaired) electrons. The lowest BCUT2D eigenvalue weighted by atomic mass is 9.94. The minimum atomic E-state index is -0.0278. The van der Waals surface area contributed by atoms with Crippen LogP contribution in [0.3, 0.4) is 0 Å². The molecule has 0 aliphatic carbocycles. The fraction of sp³-hybridized carbons (Fsp3) is 0.261. The van der Waals surface area contributed by atoms with Crippen molar-refractivity contribution in [2.45, 2.75) is 31.8 Å². The molecule has 7 nitrogen and oxygen atoms in total. The van der Waals surface area contributed by atoms with Gasteiger partial charge in [-0.2, -0.15) is 5.10 Å². The van der Waals surface area contributed by atoms with Crippen LogP contribution in [0.2, 0.25) is 0 Å². The lowest BCUT2D eigenvalue weighted by molar-refractivity contribution is -0.135. The number of para-hydroxylation sites is 1. The Morgan fingerprint density at radius 1 is 1.20 bits per heavy atom. The summed E-state index contributed by atoms with van der Waals surface area (Å²) in [4.78, 5) is 19.4. The molecule has 0 spiro atoms. The third-order valence-corrected chi connectivity index (χ3v) is 5.90. The first-order valence-corrected chi connectivity index (χ1v) is 10.3. The van der Waals surface area contributed by atoms with Gasteiger partial charge < -0.3 is 15.2 Å². The highest BCUT2D eigenvalue weighted by Crippen LogP contribution is 2.36. The number of nitrogens with zero attached hydrogens (tertiary/aromatic N) is 4. The number of amides is 1.